The quantitative estimate of drug-likeness (QED) is 0.909. The van der Waals surface area contributed by atoms with Gasteiger partial charge in [0, 0.05) is 10.0 Å². The maximum Gasteiger partial charge on any atom is 0.338 e. The number of aromatic carboxylic acids is 1. The average molecular weight is 315 g/mol. The normalized spacial score (nSPS) is 10.3. The van der Waals surface area contributed by atoms with Gasteiger partial charge in [0.05, 0.1) is 5.56 Å². The summed E-state index contributed by atoms with van der Waals surface area (Å²) in [5.41, 5.74) is 0.134. The Morgan fingerprint density at radius 1 is 1.15 bits per heavy atom. The molecular weight excluding hydrogens is 306 g/mol. The van der Waals surface area contributed by atoms with Crippen LogP contribution in [0.1, 0.15) is 15.9 Å². The highest BCUT2D eigenvalue weighted by Crippen LogP contribution is 2.25. The van der Waals surface area contributed by atoms with Crippen LogP contribution in [-0.2, 0) is 6.61 Å². The lowest BCUT2D eigenvalue weighted by Gasteiger charge is -2.08. The first-order chi connectivity index (χ1) is 9.45. The molecule has 0 saturated carbocycles. The summed E-state index contributed by atoms with van der Waals surface area (Å²) in [5, 5.41) is 9.69. The van der Waals surface area contributed by atoms with Crippen LogP contribution < -0.4 is 4.74 Å². The van der Waals surface area contributed by atoms with E-state index in [4.69, 9.17) is 33.0 Å². The Labute approximate surface area is 124 Å². The van der Waals surface area contributed by atoms with E-state index in [1.807, 2.05) is 0 Å². The van der Waals surface area contributed by atoms with E-state index < -0.39 is 17.3 Å². The summed E-state index contributed by atoms with van der Waals surface area (Å²) in [6, 6.07) is 8.49. The van der Waals surface area contributed by atoms with Crippen LogP contribution in [0.25, 0.3) is 0 Å². The summed E-state index contributed by atoms with van der Waals surface area (Å²) < 4.78 is 18.7. The monoisotopic (exact) mass is 314 g/mol. The third kappa shape index (κ3) is 3.62. The lowest BCUT2D eigenvalue weighted by Crippen LogP contribution is -2.03. The number of benzene rings is 2. The SMILES string of the molecule is O=C(O)c1cc(COc2cc(Cl)cc(Cl)c2)ccc1F. The topological polar surface area (TPSA) is 46.5 Å². The molecule has 0 unspecified atom stereocenters. The molecular formula is C14H9Cl2FO3. The Kier molecular flexibility index (Phi) is 4.47. The highest BCUT2D eigenvalue weighted by atomic mass is 35.5. The molecule has 0 spiro atoms. The van der Waals surface area contributed by atoms with E-state index >= 15 is 0 Å². The van der Waals surface area contributed by atoms with Gasteiger partial charge in [-0.3, -0.25) is 0 Å². The number of carbonyl (C=O) groups is 1. The first kappa shape index (κ1) is 14.6. The van der Waals surface area contributed by atoms with Gasteiger partial charge in [-0.15, -0.1) is 0 Å². The molecule has 1 N–H and O–H groups in total. The van der Waals surface area contributed by atoms with E-state index in [1.165, 1.54) is 12.1 Å². The zero-order valence-electron chi connectivity index (χ0n) is 10.1. The molecule has 0 amide bonds. The van der Waals surface area contributed by atoms with Crippen LogP contribution in [0.15, 0.2) is 36.4 Å². The largest absolute Gasteiger partial charge is 0.489 e. The third-order valence-corrected chi connectivity index (χ3v) is 2.94. The Bertz CT molecular complexity index is 639. The summed E-state index contributed by atoms with van der Waals surface area (Å²) in [5.74, 6) is -1.66. The second-order valence-corrected chi connectivity index (χ2v) is 4.89. The number of carboxylic acids is 1. The number of ether oxygens (including phenoxy) is 1. The van der Waals surface area contributed by atoms with E-state index in [-0.39, 0.29) is 6.61 Å². The first-order valence-electron chi connectivity index (χ1n) is 5.56. The van der Waals surface area contributed by atoms with Crippen molar-refractivity contribution in [1.82, 2.24) is 0 Å². The highest BCUT2D eigenvalue weighted by molar-refractivity contribution is 6.34. The van der Waals surface area contributed by atoms with Crippen LogP contribution >= 0.6 is 23.2 Å². The molecule has 2 aromatic rings. The predicted molar refractivity (Wildman–Crippen MR) is 74.2 cm³/mol. The van der Waals surface area contributed by atoms with E-state index in [0.717, 1.165) is 6.07 Å². The van der Waals surface area contributed by atoms with E-state index in [2.05, 4.69) is 0 Å². The Hall–Kier alpha value is -1.78. The van der Waals surface area contributed by atoms with Crippen LogP contribution in [0.3, 0.4) is 0 Å². The van der Waals surface area contributed by atoms with Crippen molar-refractivity contribution in [2.75, 3.05) is 0 Å². The van der Waals surface area contributed by atoms with Crippen molar-refractivity contribution >= 4 is 29.2 Å². The second kappa shape index (κ2) is 6.11. The maximum absolute atomic E-state index is 13.2. The molecule has 0 atom stereocenters. The molecule has 0 aliphatic rings. The lowest BCUT2D eigenvalue weighted by atomic mass is 10.1. The van der Waals surface area contributed by atoms with Crippen LogP contribution in [-0.4, -0.2) is 11.1 Å². The van der Waals surface area contributed by atoms with Crippen molar-refractivity contribution in [2.45, 2.75) is 6.61 Å². The number of hydrogen-bond acceptors (Lipinski definition) is 2. The molecule has 20 heavy (non-hydrogen) atoms. The number of hydrogen-bond donors (Lipinski definition) is 1. The fraction of sp³-hybridized carbons (Fsp3) is 0.0714. The standard InChI is InChI=1S/C14H9Cl2FO3/c15-9-4-10(16)6-11(5-9)20-7-8-1-2-13(17)12(3-8)14(18)19/h1-6H,7H2,(H,18,19). The van der Waals surface area contributed by atoms with Crippen molar-refractivity contribution in [3.05, 3.63) is 63.4 Å². The van der Waals surface area contributed by atoms with Gasteiger partial charge in [-0.25, -0.2) is 9.18 Å². The molecule has 0 radical (unpaired) electrons. The summed E-state index contributed by atoms with van der Waals surface area (Å²) in [4.78, 5) is 10.8. The number of halogens is 3. The van der Waals surface area contributed by atoms with Gasteiger partial charge in [0.2, 0.25) is 0 Å². The van der Waals surface area contributed by atoms with Crippen LogP contribution in [0.4, 0.5) is 4.39 Å². The zero-order valence-corrected chi connectivity index (χ0v) is 11.6. The molecule has 0 aliphatic heterocycles. The van der Waals surface area contributed by atoms with Crippen LogP contribution in [0.5, 0.6) is 5.75 Å². The molecule has 2 aromatic carbocycles. The van der Waals surface area contributed by atoms with E-state index in [1.54, 1.807) is 18.2 Å². The zero-order chi connectivity index (χ0) is 14.7. The Morgan fingerprint density at radius 2 is 1.80 bits per heavy atom. The molecule has 6 heteroatoms. The van der Waals surface area contributed by atoms with Crippen molar-refractivity contribution in [3.8, 4) is 5.75 Å². The van der Waals surface area contributed by atoms with Crippen molar-refractivity contribution in [2.24, 2.45) is 0 Å². The minimum Gasteiger partial charge on any atom is -0.489 e. The molecule has 0 aliphatic carbocycles. The van der Waals surface area contributed by atoms with Gasteiger partial charge < -0.3 is 9.84 Å². The van der Waals surface area contributed by atoms with Gasteiger partial charge >= 0.3 is 5.97 Å². The van der Waals surface area contributed by atoms with Gasteiger partial charge in [-0.1, -0.05) is 29.3 Å². The number of rotatable bonds is 4. The first-order valence-corrected chi connectivity index (χ1v) is 6.32. The molecule has 0 saturated heterocycles. The van der Waals surface area contributed by atoms with Gasteiger partial charge in [0.25, 0.3) is 0 Å². The van der Waals surface area contributed by atoms with E-state index in [0.29, 0.717) is 21.4 Å². The van der Waals surface area contributed by atoms with Gasteiger partial charge in [-0.05, 0) is 35.9 Å². The third-order valence-electron chi connectivity index (χ3n) is 2.50. The number of carboxylic acid groups (broad SMARTS) is 1. The fourth-order valence-corrected chi connectivity index (χ4v) is 2.11. The summed E-state index contributed by atoms with van der Waals surface area (Å²) in [6.07, 6.45) is 0. The summed E-state index contributed by atoms with van der Waals surface area (Å²) >= 11 is 11.7. The van der Waals surface area contributed by atoms with Gasteiger partial charge in [0.15, 0.2) is 0 Å². The summed E-state index contributed by atoms with van der Waals surface area (Å²) in [6.45, 7) is 0.0806. The molecule has 3 nitrogen and oxygen atoms in total. The molecule has 0 heterocycles. The smallest absolute Gasteiger partial charge is 0.338 e. The minimum atomic E-state index is -1.32. The highest BCUT2D eigenvalue weighted by Gasteiger charge is 2.11. The molecule has 2 rings (SSSR count). The average Bonchev–Trinajstić information content (AvgIpc) is 2.36. The molecule has 0 aromatic heterocycles. The van der Waals surface area contributed by atoms with Gasteiger partial charge in [0.1, 0.15) is 18.2 Å². The fourth-order valence-electron chi connectivity index (χ4n) is 1.60. The lowest BCUT2D eigenvalue weighted by molar-refractivity contribution is 0.0691. The van der Waals surface area contributed by atoms with Crippen LogP contribution in [0.2, 0.25) is 10.0 Å². The maximum atomic E-state index is 13.2. The van der Waals surface area contributed by atoms with E-state index in [9.17, 15) is 9.18 Å². The van der Waals surface area contributed by atoms with Crippen molar-refractivity contribution in [1.29, 1.82) is 0 Å². The minimum absolute atomic E-state index is 0.0806. The van der Waals surface area contributed by atoms with Crippen molar-refractivity contribution < 1.29 is 19.0 Å². The molecule has 0 fully saturated rings. The Balaban J connectivity index is 2.14. The predicted octanol–water partition coefficient (Wildman–Crippen LogP) is 4.41. The second-order valence-electron chi connectivity index (χ2n) is 4.01. The van der Waals surface area contributed by atoms with Gasteiger partial charge in [-0.2, -0.15) is 0 Å². The molecule has 104 valence electrons. The summed E-state index contributed by atoms with van der Waals surface area (Å²) in [7, 11) is 0. The van der Waals surface area contributed by atoms with Crippen LogP contribution in [0, 0.1) is 5.82 Å². The van der Waals surface area contributed by atoms with Crippen molar-refractivity contribution in [3.63, 3.8) is 0 Å². The molecule has 0 bridgehead atoms. The Morgan fingerprint density at radius 3 is 2.40 bits per heavy atom.